The summed E-state index contributed by atoms with van der Waals surface area (Å²) in [4.78, 5) is 62.4. The Kier molecular flexibility index (Phi) is 12.2. The lowest BCUT2D eigenvalue weighted by molar-refractivity contribution is -0.763. The first-order valence-electron chi connectivity index (χ1n) is 15.8. The fraction of sp³-hybridized carbons (Fsp3) is 0.194. The maximum atomic E-state index is 13.7. The van der Waals surface area contributed by atoms with Gasteiger partial charge in [-0.05, 0) is 53.8 Å². The zero-order chi connectivity index (χ0) is 36.2. The number of carbonyl (C=O) groups is 2. The number of ether oxygens (including phenoxy) is 2. The molecule has 5 aromatic rings. The van der Waals surface area contributed by atoms with E-state index in [0.717, 1.165) is 24.2 Å². The first kappa shape index (κ1) is 35.9. The molecule has 14 nitrogen and oxygen atoms in total. The fourth-order valence-electron chi connectivity index (χ4n) is 5.00. The van der Waals surface area contributed by atoms with Crippen LogP contribution in [0.4, 0.5) is 0 Å². The molecule has 0 atom stereocenters. The minimum absolute atomic E-state index is 0.135. The van der Waals surface area contributed by atoms with Crippen LogP contribution in [0, 0.1) is 20.2 Å². The standard InChI is InChI=1S/C36H32N4O10S/c1-2-3-14-34-37-21-29(20-30(33-13-8-19-51-33)36(42)50-32-12-7-5-10-28(32)24-48-40(45)46)38(34)22-25-15-17-26(18-16-25)35(41)49-31-11-6-4-9-27(31)23-47-39(43)44/h4-13,15-21H,2-3,14,22-24H2,1H3/b30-20+. The van der Waals surface area contributed by atoms with Crippen molar-refractivity contribution < 1.29 is 38.9 Å². The molecule has 51 heavy (non-hydrogen) atoms. The highest BCUT2D eigenvalue weighted by Crippen LogP contribution is 2.28. The Bertz CT molecular complexity index is 2020. The molecule has 0 fully saturated rings. The number of unbranched alkanes of at least 4 members (excludes halogenated alkanes) is 1. The molecule has 0 amide bonds. The summed E-state index contributed by atoms with van der Waals surface area (Å²) in [5, 5.41) is 21.4. The molecule has 0 radical (unpaired) electrons. The van der Waals surface area contributed by atoms with Crippen molar-refractivity contribution in [2.24, 2.45) is 0 Å². The second-order valence-corrected chi connectivity index (χ2v) is 12.0. The summed E-state index contributed by atoms with van der Waals surface area (Å²) >= 11 is 1.35. The minimum Gasteiger partial charge on any atom is -0.423 e. The predicted molar refractivity (Wildman–Crippen MR) is 186 cm³/mol. The topological polar surface area (TPSA) is 175 Å². The molecule has 0 bridgehead atoms. The summed E-state index contributed by atoms with van der Waals surface area (Å²) in [6.45, 7) is 1.70. The van der Waals surface area contributed by atoms with Crippen molar-refractivity contribution in [2.45, 2.75) is 45.9 Å². The van der Waals surface area contributed by atoms with Gasteiger partial charge in [-0.2, -0.15) is 0 Å². The van der Waals surface area contributed by atoms with E-state index in [2.05, 4.69) is 21.6 Å². The largest absolute Gasteiger partial charge is 0.423 e. The number of hydrogen-bond donors (Lipinski definition) is 0. The van der Waals surface area contributed by atoms with E-state index < -0.39 is 22.1 Å². The average Bonchev–Trinajstić information content (AvgIpc) is 3.79. The van der Waals surface area contributed by atoms with Crippen LogP contribution >= 0.6 is 11.3 Å². The average molecular weight is 713 g/mol. The van der Waals surface area contributed by atoms with E-state index >= 15 is 0 Å². The number of imidazole rings is 1. The summed E-state index contributed by atoms with van der Waals surface area (Å²) in [6.07, 6.45) is 5.93. The van der Waals surface area contributed by atoms with E-state index in [-0.39, 0.29) is 35.8 Å². The van der Waals surface area contributed by atoms with Crippen LogP contribution in [0.5, 0.6) is 11.5 Å². The molecule has 0 spiro atoms. The van der Waals surface area contributed by atoms with Crippen molar-refractivity contribution in [3.63, 3.8) is 0 Å². The quantitative estimate of drug-likeness (QED) is 0.0316. The normalized spacial score (nSPS) is 11.1. The van der Waals surface area contributed by atoms with Gasteiger partial charge in [-0.3, -0.25) is 0 Å². The summed E-state index contributed by atoms with van der Waals surface area (Å²) in [5.41, 5.74) is 2.70. The van der Waals surface area contributed by atoms with Gasteiger partial charge in [-0.15, -0.1) is 31.6 Å². The van der Waals surface area contributed by atoms with Gasteiger partial charge in [0.2, 0.25) is 0 Å². The SMILES string of the molecule is CCCCc1ncc(/C=C(/C(=O)Oc2ccccc2CO[N+](=O)[O-])c2cccs2)n1Cc1ccc(C(=O)Oc2ccccc2CO[N+](=O)[O-])cc1. The summed E-state index contributed by atoms with van der Waals surface area (Å²) in [7, 11) is 0. The zero-order valence-electron chi connectivity index (χ0n) is 27.3. The van der Waals surface area contributed by atoms with E-state index in [9.17, 15) is 29.8 Å². The van der Waals surface area contributed by atoms with Gasteiger partial charge in [-0.25, -0.2) is 14.6 Å². The van der Waals surface area contributed by atoms with Crippen LogP contribution in [0.3, 0.4) is 0 Å². The number of benzene rings is 3. The second kappa shape index (κ2) is 17.3. The number of rotatable bonds is 17. The Balaban J connectivity index is 1.40. The van der Waals surface area contributed by atoms with Crippen LogP contribution < -0.4 is 9.47 Å². The molecule has 0 aliphatic carbocycles. The van der Waals surface area contributed by atoms with Crippen LogP contribution in [-0.4, -0.2) is 31.7 Å². The molecule has 2 aromatic heterocycles. The molecular formula is C36H32N4O10S. The fourth-order valence-corrected chi connectivity index (χ4v) is 5.73. The molecular weight excluding hydrogens is 680 g/mol. The second-order valence-electron chi connectivity index (χ2n) is 11.0. The van der Waals surface area contributed by atoms with Gasteiger partial charge in [0.05, 0.1) is 23.0 Å². The zero-order valence-corrected chi connectivity index (χ0v) is 28.2. The van der Waals surface area contributed by atoms with Gasteiger partial charge >= 0.3 is 11.9 Å². The molecule has 0 saturated carbocycles. The molecule has 2 heterocycles. The Labute approximate surface area is 295 Å². The number of hydrogen-bond acceptors (Lipinski definition) is 12. The van der Waals surface area contributed by atoms with Gasteiger partial charge in [0.1, 0.15) is 30.5 Å². The molecule has 0 saturated heterocycles. The minimum atomic E-state index is -0.915. The van der Waals surface area contributed by atoms with Crippen LogP contribution in [0.2, 0.25) is 0 Å². The molecule has 3 aromatic carbocycles. The predicted octanol–water partition coefficient (Wildman–Crippen LogP) is 7.12. The van der Waals surface area contributed by atoms with Gasteiger partial charge < -0.3 is 23.7 Å². The van der Waals surface area contributed by atoms with Crippen LogP contribution in [0.1, 0.15) is 63.2 Å². The van der Waals surface area contributed by atoms with Crippen LogP contribution in [0.15, 0.2) is 96.5 Å². The molecule has 5 rings (SSSR count). The third-order valence-corrected chi connectivity index (χ3v) is 8.46. The van der Waals surface area contributed by atoms with Gasteiger partial charge in [0.15, 0.2) is 0 Å². The number of thiophene rings is 1. The Hall–Kier alpha value is -6.35. The maximum absolute atomic E-state index is 13.7. The van der Waals surface area contributed by atoms with E-state index in [1.165, 1.54) is 17.4 Å². The van der Waals surface area contributed by atoms with Crippen LogP contribution in [0.25, 0.3) is 11.6 Å². The molecule has 0 unspecified atom stereocenters. The highest BCUT2D eigenvalue weighted by atomic mass is 32.1. The van der Waals surface area contributed by atoms with E-state index in [4.69, 9.17) is 9.47 Å². The first-order valence-corrected chi connectivity index (χ1v) is 16.6. The van der Waals surface area contributed by atoms with Crippen molar-refractivity contribution >= 4 is 34.9 Å². The summed E-state index contributed by atoms with van der Waals surface area (Å²) in [6, 6.07) is 23.3. The molecule has 0 aliphatic rings. The Morgan fingerprint density at radius 3 is 2.06 bits per heavy atom. The van der Waals surface area contributed by atoms with Crippen molar-refractivity contribution in [3.8, 4) is 11.5 Å². The molecule has 0 N–H and O–H groups in total. The van der Waals surface area contributed by atoms with Crippen molar-refractivity contribution in [1.82, 2.24) is 9.55 Å². The number of para-hydroxylation sites is 2. The van der Waals surface area contributed by atoms with E-state index in [0.29, 0.717) is 34.7 Å². The summed E-state index contributed by atoms with van der Waals surface area (Å²) in [5.74, 6) is -0.214. The van der Waals surface area contributed by atoms with Crippen LogP contribution in [-0.2, 0) is 40.6 Å². The Morgan fingerprint density at radius 1 is 0.843 bits per heavy atom. The van der Waals surface area contributed by atoms with E-state index in [1.54, 1.807) is 85.1 Å². The van der Waals surface area contributed by atoms with E-state index in [1.807, 2.05) is 16.0 Å². The highest BCUT2D eigenvalue weighted by Gasteiger charge is 2.20. The van der Waals surface area contributed by atoms with Gasteiger partial charge in [-0.1, -0.05) is 67.9 Å². The lowest BCUT2D eigenvalue weighted by atomic mass is 10.1. The van der Waals surface area contributed by atoms with Gasteiger partial charge in [0, 0.05) is 29.0 Å². The van der Waals surface area contributed by atoms with Crippen molar-refractivity contribution in [3.05, 3.63) is 155 Å². The Morgan fingerprint density at radius 2 is 1.47 bits per heavy atom. The van der Waals surface area contributed by atoms with Crippen molar-refractivity contribution in [2.75, 3.05) is 0 Å². The maximum Gasteiger partial charge on any atom is 0.345 e. The molecule has 0 aliphatic heterocycles. The summed E-state index contributed by atoms with van der Waals surface area (Å²) < 4.78 is 13.3. The smallest absolute Gasteiger partial charge is 0.345 e. The lowest BCUT2D eigenvalue weighted by Gasteiger charge is -2.13. The lowest BCUT2D eigenvalue weighted by Crippen LogP contribution is -2.13. The first-order chi connectivity index (χ1) is 24.7. The number of carbonyl (C=O) groups excluding carboxylic acids is 2. The third-order valence-electron chi connectivity index (χ3n) is 7.55. The number of aryl methyl sites for hydroxylation is 1. The number of aromatic nitrogens is 2. The molecule has 262 valence electrons. The number of esters is 2. The third kappa shape index (κ3) is 9.86. The molecule has 15 heteroatoms. The van der Waals surface area contributed by atoms with Gasteiger partial charge in [0.25, 0.3) is 10.2 Å². The van der Waals surface area contributed by atoms with Crippen molar-refractivity contribution in [1.29, 1.82) is 0 Å². The number of nitrogens with zero attached hydrogens (tertiary/aromatic N) is 4. The monoisotopic (exact) mass is 712 g/mol. The highest BCUT2D eigenvalue weighted by molar-refractivity contribution is 7.11.